The summed E-state index contributed by atoms with van der Waals surface area (Å²) in [7, 11) is -3.08. The van der Waals surface area contributed by atoms with Gasteiger partial charge in [-0.3, -0.25) is 0 Å². The average Bonchev–Trinajstić information content (AvgIpc) is 2.93. The molecule has 4 nitrogen and oxygen atoms in total. The summed E-state index contributed by atoms with van der Waals surface area (Å²) in [6.07, 6.45) is 3.99. The molecular weight excluding hydrogens is 200 g/mol. The van der Waals surface area contributed by atoms with Gasteiger partial charge in [0.1, 0.15) is 0 Å². The molecule has 1 N–H and O–H groups in total. The van der Waals surface area contributed by atoms with E-state index in [0.717, 1.165) is 12.8 Å². The van der Waals surface area contributed by atoms with Gasteiger partial charge in [-0.15, -0.1) is 0 Å². The van der Waals surface area contributed by atoms with Crippen LogP contribution in [0.5, 0.6) is 0 Å². The van der Waals surface area contributed by atoms with Crippen molar-refractivity contribution >= 4 is 10.0 Å². The van der Waals surface area contributed by atoms with Gasteiger partial charge in [0.05, 0.1) is 11.8 Å². The number of sulfonamides is 1. The quantitative estimate of drug-likeness (QED) is 0.646. The SMILES string of the molecule is N#CCCCCS(=O)(=O)NCC1CC1. The van der Waals surface area contributed by atoms with Gasteiger partial charge in [-0.1, -0.05) is 0 Å². The molecule has 0 bridgehead atoms. The minimum absolute atomic E-state index is 0.154. The minimum Gasteiger partial charge on any atom is -0.215 e. The molecule has 0 heterocycles. The normalized spacial score (nSPS) is 16.5. The Kier molecular flexibility index (Phi) is 4.36. The van der Waals surface area contributed by atoms with E-state index in [1.165, 1.54) is 0 Å². The van der Waals surface area contributed by atoms with Crippen LogP contribution in [-0.2, 0) is 10.0 Å². The van der Waals surface area contributed by atoms with Gasteiger partial charge in [0, 0.05) is 13.0 Å². The summed E-state index contributed by atoms with van der Waals surface area (Å²) in [4.78, 5) is 0. The molecule has 0 amide bonds. The van der Waals surface area contributed by atoms with E-state index in [2.05, 4.69) is 4.72 Å². The number of unbranched alkanes of at least 4 members (excludes halogenated alkanes) is 2. The van der Waals surface area contributed by atoms with E-state index in [4.69, 9.17) is 5.26 Å². The van der Waals surface area contributed by atoms with Crippen LogP contribution < -0.4 is 4.72 Å². The Balaban J connectivity index is 2.10. The Hall–Kier alpha value is -0.600. The third-order valence-electron chi connectivity index (χ3n) is 2.24. The molecule has 14 heavy (non-hydrogen) atoms. The zero-order valence-corrected chi connectivity index (χ0v) is 9.02. The summed E-state index contributed by atoms with van der Waals surface area (Å²) in [5, 5.41) is 8.27. The van der Waals surface area contributed by atoms with E-state index in [1.807, 2.05) is 6.07 Å². The van der Waals surface area contributed by atoms with Gasteiger partial charge in [0.15, 0.2) is 0 Å². The third-order valence-corrected chi connectivity index (χ3v) is 3.67. The smallest absolute Gasteiger partial charge is 0.211 e. The van der Waals surface area contributed by atoms with Crippen LogP contribution in [0.1, 0.15) is 32.1 Å². The first-order chi connectivity index (χ1) is 6.64. The number of rotatable bonds is 7. The zero-order valence-electron chi connectivity index (χ0n) is 8.20. The van der Waals surface area contributed by atoms with E-state index in [9.17, 15) is 8.42 Å². The summed E-state index contributed by atoms with van der Waals surface area (Å²) in [6.45, 7) is 0.598. The van der Waals surface area contributed by atoms with E-state index in [0.29, 0.717) is 31.7 Å². The molecule has 0 radical (unpaired) electrons. The molecule has 0 unspecified atom stereocenters. The molecule has 0 aliphatic heterocycles. The summed E-state index contributed by atoms with van der Waals surface area (Å²) < 4.78 is 25.3. The van der Waals surface area contributed by atoms with Gasteiger partial charge in [-0.25, -0.2) is 13.1 Å². The van der Waals surface area contributed by atoms with Crippen molar-refractivity contribution < 1.29 is 8.42 Å². The van der Waals surface area contributed by atoms with Gasteiger partial charge in [0.2, 0.25) is 10.0 Å². The molecule has 0 saturated heterocycles. The first kappa shape index (κ1) is 11.5. The molecule has 0 aromatic rings. The molecule has 0 aromatic carbocycles. The summed E-state index contributed by atoms with van der Waals surface area (Å²) in [6, 6.07) is 2.00. The van der Waals surface area contributed by atoms with Crippen LogP contribution in [0.4, 0.5) is 0 Å². The highest BCUT2D eigenvalue weighted by Crippen LogP contribution is 2.27. The van der Waals surface area contributed by atoms with Gasteiger partial charge in [-0.05, 0) is 31.6 Å². The second-order valence-electron chi connectivity index (χ2n) is 3.73. The predicted molar refractivity (Wildman–Crippen MR) is 54.0 cm³/mol. The Morgan fingerprint density at radius 1 is 1.36 bits per heavy atom. The van der Waals surface area contributed by atoms with Crippen molar-refractivity contribution in [1.82, 2.24) is 4.72 Å². The summed E-state index contributed by atoms with van der Waals surface area (Å²) in [5.74, 6) is 0.727. The Bertz CT molecular complexity index is 301. The number of hydrogen-bond acceptors (Lipinski definition) is 3. The van der Waals surface area contributed by atoms with Crippen LogP contribution >= 0.6 is 0 Å². The Morgan fingerprint density at radius 3 is 2.64 bits per heavy atom. The first-order valence-corrected chi connectivity index (χ1v) is 6.63. The fourth-order valence-corrected chi connectivity index (χ4v) is 2.35. The molecule has 0 atom stereocenters. The molecular formula is C9H16N2O2S. The molecule has 1 aliphatic rings. The van der Waals surface area contributed by atoms with Crippen molar-refractivity contribution in [3.05, 3.63) is 0 Å². The summed E-state index contributed by atoms with van der Waals surface area (Å²) in [5.41, 5.74) is 0. The maximum absolute atomic E-state index is 11.3. The number of hydrogen-bond donors (Lipinski definition) is 1. The van der Waals surface area contributed by atoms with Crippen molar-refractivity contribution in [2.24, 2.45) is 5.92 Å². The van der Waals surface area contributed by atoms with E-state index in [-0.39, 0.29) is 5.75 Å². The number of nitrogens with zero attached hydrogens (tertiary/aromatic N) is 1. The van der Waals surface area contributed by atoms with E-state index in [1.54, 1.807) is 0 Å². The van der Waals surface area contributed by atoms with Gasteiger partial charge in [-0.2, -0.15) is 5.26 Å². The van der Waals surface area contributed by atoms with Gasteiger partial charge < -0.3 is 0 Å². The molecule has 80 valence electrons. The Morgan fingerprint density at radius 2 is 2.07 bits per heavy atom. The maximum atomic E-state index is 11.3. The predicted octanol–water partition coefficient (Wildman–Crippen LogP) is 1.01. The monoisotopic (exact) mass is 216 g/mol. The van der Waals surface area contributed by atoms with Crippen molar-refractivity contribution in [1.29, 1.82) is 5.26 Å². The van der Waals surface area contributed by atoms with Crippen molar-refractivity contribution in [3.63, 3.8) is 0 Å². The van der Waals surface area contributed by atoms with Crippen LogP contribution in [-0.4, -0.2) is 20.7 Å². The van der Waals surface area contributed by atoms with Crippen LogP contribution in [0.25, 0.3) is 0 Å². The van der Waals surface area contributed by atoms with Crippen LogP contribution in [0.2, 0.25) is 0 Å². The molecule has 5 heteroatoms. The molecule has 1 rings (SSSR count). The topological polar surface area (TPSA) is 70.0 Å². The minimum atomic E-state index is -3.08. The van der Waals surface area contributed by atoms with Gasteiger partial charge in [0.25, 0.3) is 0 Å². The number of nitriles is 1. The lowest BCUT2D eigenvalue weighted by atomic mass is 10.3. The second kappa shape index (κ2) is 5.32. The number of nitrogens with one attached hydrogen (secondary N) is 1. The van der Waals surface area contributed by atoms with Crippen molar-refractivity contribution in [3.8, 4) is 6.07 Å². The van der Waals surface area contributed by atoms with Crippen LogP contribution in [0.3, 0.4) is 0 Å². The third kappa shape index (κ3) is 5.20. The zero-order chi connectivity index (χ0) is 10.4. The standard InChI is InChI=1S/C9H16N2O2S/c10-6-2-1-3-7-14(12,13)11-8-9-4-5-9/h9,11H,1-5,7-8H2. The Labute approximate surface area is 85.4 Å². The molecule has 1 fully saturated rings. The van der Waals surface area contributed by atoms with E-state index >= 15 is 0 Å². The van der Waals surface area contributed by atoms with Gasteiger partial charge >= 0.3 is 0 Å². The summed E-state index contributed by atoms with van der Waals surface area (Å²) >= 11 is 0. The second-order valence-corrected chi connectivity index (χ2v) is 5.65. The maximum Gasteiger partial charge on any atom is 0.211 e. The van der Waals surface area contributed by atoms with Crippen molar-refractivity contribution in [2.45, 2.75) is 32.1 Å². The van der Waals surface area contributed by atoms with Crippen LogP contribution in [0, 0.1) is 17.2 Å². The fraction of sp³-hybridized carbons (Fsp3) is 0.889. The van der Waals surface area contributed by atoms with Crippen LogP contribution in [0.15, 0.2) is 0 Å². The molecule has 1 aliphatic carbocycles. The average molecular weight is 216 g/mol. The molecule has 0 spiro atoms. The lowest BCUT2D eigenvalue weighted by molar-refractivity contribution is 0.573. The highest BCUT2D eigenvalue weighted by atomic mass is 32.2. The lowest BCUT2D eigenvalue weighted by Crippen LogP contribution is -2.28. The highest BCUT2D eigenvalue weighted by Gasteiger charge is 2.23. The van der Waals surface area contributed by atoms with Crippen molar-refractivity contribution in [2.75, 3.05) is 12.3 Å². The fourth-order valence-electron chi connectivity index (χ4n) is 1.14. The first-order valence-electron chi connectivity index (χ1n) is 4.98. The lowest BCUT2D eigenvalue weighted by Gasteiger charge is -2.04. The largest absolute Gasteiger partial charge is 0.215 e. The molecule has 1 saturated carbocycles. The molecule has 0 aromatic heterocycles. The highest BCUT2D eigenvalue weighted by molar-refractivity contribution is 7.89. The van der Waals surface area contributed by atoms with E-state index < -0.39 is 10.0 Å².